The lowest BCUT2D eigenvalue weighted by Gasteiger charge is -2.08. The Hall–Kier alpha value is -0.960. The average Bonchev–Trinajstić information content (AvgIpc) is 2.27. The molecule has 108 valence electrons. The van der Waals surface area contributed by atoms with E-state index in [1.807, 2.05) is 0 Å². The van der Waals surface area contributed by atoms with Crippen LogP contribution in [-0.4, -0.2) is 40.5 Å². The zero-order valence-electron chi connectivity index (χ0n) is 10.7. The van der Waals surface area contributed by atoms with E-state index in [0.717, 1.165) is 6.26 Å². The summed E-state index contributed by atoms with van der Waals surface area (Å²) in [5, 5.41) is 9.32. The molecule has 1 unspecified atom stereocenters. The van der Waals surface area contributed by atoms with E-state index in [9.17, 15) is 21.9 Å². The first-order valence-electron chi connectivity index (χ1n) is 5.57. The maximum Gasteiger partial charge on any atom is 0.240 e. The lowest BCUT2D eigenvalue weighted by atomic mass is 10.1. The third-order valence-corrected chi connectivity index (χ3v) is 4.86. The van der Waals surface area contributed by atoms with E-state index >= 15 is 0 Å². The third kappa shape index (κ3) is 5.27. The van der Waals surface area contributed by atoms with Crippen molar-refractivity contribution in [1.82, 2.24) is 4.72 Å². The van der Waals surface area contributed by atoms with Crippen LogP contribution in [0.5, 0.6) is 0 Å². The number of rotatable bonds is 6. The molecule has 0 spiro atoms. The third-order valence-electron chi connectivity index (χ3n) is 2.44. The molecular weight excluding hydrogens is 290 g/mol. The van der Waals surface area contributed by atoms with Crippen LogP contribution in [0.3, 0.4) is 0 Å². The SMILES string of the molecule is CC(O)c1ccc(S(=O)(=O)NCCS(C)(=O)=O)cc1. The largest absolute Gasteiger partial charge is 0.389 e. The molecule has 6 nitrogen and oxygen atoms in total. The van der Waals surface area contributed by atoms with Gasteiger partial charge in [-0.2, -0.15) is 0 Å². The van der Waals surface area contributed by atoms with Gasteiger partial charge >= 0.3 is 0 Å². The quantitative estimate of drug-likeness (QED) is 0.774. The highest BCUT2D eigenvalue weighted by molar-refractivity contribution is 7.91. The lowest BCUT2D eigenvalue weighted by Crippen LogP contribution is -2.28. The monoisotopic (exact) mass is 307 g/mol. The van der Waals surface area contributed by atoms with Gasteiger partial charge < -0.3 is 5.11 Å². The fraction of sp³-hybridized carbons (Fsp3) is 0.455. The molecule has 0 aliphatic carbocycles. The summed E-state index contributed by atoms with van der Waals surface area (Å²) in [4.78, 5) is 0.0328. The number of benzene rings is 1. The molecule has 0 heterocycles. The fourth-order valence-electron chi connectivity index (χ4n) is 1.37. The summed E-state index contributed by atoms with van der Waals surface area (Å²) in [5.41, 5.74) is 0.607. The van der Waals surface area contributed by atoms with Gasteiger partial charge in [0.2, 0.25) is 10.0 Å². The Kier molecular flexibility index (Phi) is 5.08. The predicted octanol–water partition coefficient (Wildman–Crippen LogP) is 0.0628. The summed E-state index contributed by atoms with van der Waals surface area (Å²) in [6, 6.07) is 5.75. The van der Waals surface area contributed by atoms with Crippen LogP contribution in [-0.2, 0) is 19.9 Å². The van der Waals surface area contributed by atoms with E-state index in [1.165, 1.54) is 24.3 Å². The maximum absolute atomic E-state index is 11.8. The second-order valence-electron chi connectivity index (χ2n) is 4.27. The molecule has 2 N–H and O–H groups in total. The smallest absolute Gasteiger partial charge is 0.240 e. The Morgan fingerprint density at radius 2 is 1.68 bits per heavy atom. The van der Waals surface area contributed by atoms with Crippen molar-refractivity contribution in [2.45, 2.75) is 17.9 Å². The van der Waals surface area contributed by atoms with Gasteiger partial charge in [-0.3, -0.25) is 0 Å². The summed E-state index contributed by atoms with van der Waals surface area (Å²) in [6.07, 6.45) is 0.369. The zero-order valence-corrected chi connectivity index (χ0v) is 12.3. The molecule has 1 atom stereocenters. The van der Waals surface area contributed by atoms with E-state index < -0.39 is 26.0 Å². The minimum Gasteiger partial charge on any atom is -0.389 e. The van der Waals surface area contributed by atoms with Crippen molar-refractivity contribution < 1.29 is 21.9 Å². The molecule has 0 bridgehead atoms. The summed E-state index contributed by atoms with van der Waals surface area (Å²) >= 11 is 0. The van der Waals surface area contributed by atoms with Crippen LogP contribution in [0.15, 0.2) is 29.2 Å². The van der Waals surface area contributed by atoms with Crippen LogP contribution in [0, 0.1) is 0 Å². The Labute approximate surface area is 113 Å². The highest BCUT2D eigenvalue weighted by atomic mass is 32.2. The summed E-state index contributed by atoms with van der Waals surface area (Å²) in [7, 11) is -6.93. The van der Waals surface area contributed by atoms with Crippen molar-refractivity contribution in [2.75, 3.05) is 18.6 Å². The van der Waals surface area contributed by atoms with Gasteiger partial charge in [0.1, 0.15) is 9.84 Å². The molecule has 0 amide bonds. The predicted molar refractivity (Wildman–Crippen MR) is 72.0 cm³/mol. The minimum atomic E-state index is -3.72. The molecule has 19 heavy (non-hydrogen) atoms. The van der Waals surface area contributed by atoms with Gasteiger partial charge in [0, 0.05) is 12.8 Å². The van der Waals surface area contributed by atoms with E-state index in [-0.39, 0.29) is 17.2 Å². The average molecular weight is 307 g/mol. The Bertz CT molecular complexity index is 618. The summed E-state index contributed by atoms with van der Waals surface area (Å²) in [6.45, 7) is 1.41. The van der Waals surface area contributed by atoms with Crippen LogP contribution in [0.1, 0.15) is 18.6 Å². The molecule has 1 rings (SSSR count). The molecule has 0 aliphatic heterocycles. The number of hydrogen-bond acceptors (Lipinski definition) is 5. The standard InChI is InChI=1S/C11H17NO5S2/c1-9(13)10-3-5-11(6-4-10)19(16,17)12-7-8-18(2,14)15/h3-6,9,12-13H,7-8H2,1-2H3. The van der Waals surface area contributed by atoms with Gasteiger partial charge in [0.15, 0.2) is 0 Å². The Morgan fingerprint density at radius 3 is 2.11 bits per heavy atom. The molecule has 8 heteroatoms. The highest BCUT2D eigenvalue weighted by Crippen LogP contribution is 2.15. The van der Waals surface area contributed by atoms with E-state index in [2.05, 4.69) is 4.72 Å². The Balaban J connectivity index is 2.77. The highest BCUT2D eigenvalue weighted by Gasteiger charge is 2.14. The molecule has 0 radical (unpaired) electrons. The first-order valence-corrected chi connectivity index (χ1v) is 9.11. The van der Waals surface area contributed by atoms with Crippen molar-refractivity contribution in [3.05, 3.63) is 29.8 Å². The second-order valence-corrected chi connectivity index (χ2v) is 8.30. The molecule has 1 aromatic carbocycles. The van der Waals surface area contributed by atoms with Crippen LogP contribution < -0.4 is 4.72 Å². The van der Waals surface area contributed by atoms with Gasteiger partial charge in [0.25, 0.3) is 0 Å². The van der Waals surface area contributed by atoms with Gasteiger partial charge in [0.05, 0.1) is 16.8 Å². The van der Waals surface area contributed by atoms with Crippen LogP contribution in [0.2, 0.25) is 0 Å². The molecule has 0 aliphatic rings. The fourth-order valence-corrected chi connectivity index (χ4v) is 3.00. The molecule has 0 saturated heterocycles. The van der Waals surface area contributed by atoms with Crippen LogP contribution in [0.4, 0.5) is 0 Å². The number of sulfonamides is 1. The molecular formula is C11H17NO5S2. The normalized spacial score (nSPS) is 14.3. The van der Waals surface area contributed by atoms with Gasteiger partial charge in [-0.1, -0.05) is 12.1 Å². The van der Waals surface area contributed by atoms with Gasteiger partial charge in [-0.05, 0) is 24.6 Å². The van der Waals surface area contributed by atoms with Crippen molar-refractivity contribution in [3.63, 3.8) is 0 Å². The minimum absolute atomic E-state index is 0.0328. The van der Waals surface area contributed by atoms with E-state index in [1.54, 1.807) is 6.92 Å². The number of aliphatic hydroxyl groups excluding tert-OH is 1. The van der Waals surface area contributed by atoms with Crippen LogP contribution in [0.25, 0.3) is 0 Å². The maximum atomic E-state index is 11.8. The summed E-state index contributed by atoms with van der Waals surface area (Å²) < 4.78 is 47.7. The second kappa shape index (κ2) is 6.00. The lowest BCUT2D eigenvalue weighted by molar-refractivity contribution is 0.199. The topological polar surface area (TPSA) is 101 Å². The number of sulfone groups is 1. The molecule has 1 aromatic rings. The van der Waals surface area contributed by atoms with Crippen LogP contribution >= 0.6 is 0 Å². The number of nitrogens with one attached hydrogen (secondary N) is 1. The Morgan fingerprint density at radius 1 is 1.16 bits per heavy atom. The number of hydrogen-bond donors (Lipinski definition) is 2. The van der Waals surface area contributed by atoms with Gasteiger partial charge in [-0.25, -0.2) is 21.6 Å². The number of aliphatic hydroxyl groups is 1. The van der Waals surface area contributed by atoms with Gasteiger partial charge in [-0.15, -0.1) is 0 Å². The van der Waals surface area contributed by atoms with E-state index in [4.69, 9.17) is 0 Å². The molecule has 0 fully saturated rings. The molecule has 0 saturated carbocycles. The first-order chi connectivity index (χ1) is 8.62. The first kappa shape index (κ1) is 16.1. The van der Waals surface area contributed by atoms with Crippen molar-refractivity contribution >= 4 is 19.9 Å². The van der Waals surface area contributed by atoms with Crippen molar-refractivity contribution in [3.8, 4) is 0 Å². The van der Waals surface area contributed by atoms with Crippen molar-refractivity contribution in [1.29, 1.82) is 0 Å². The molecule has 0 aromatic heterocycles. The zero-order chi connectivity index (χ0) is 14.7. The van der Waals surface area contributed by atoms with E-state index in [0.29, 0.717) is 5.56 Å². The van der Waals surface area contributed by atoms with Crippen molar-refractivity contribution in [2.24, 2.45) is 0 Å². The summed E-state index contributed by atoms with van der Waals surface area (Å²) in [5.74, 6) is -0.252.